The number of benzene rings is 5. The lowest BCUT2D eigenvalue weighted by molar-refractivity contribution is -0.137. The van der Waals surface area contributed by atoms with E-state index in [0.29, 0.717) is 67.5 Å². The first kappa shape index (κ1) is 45.7. The SMILES string of the molecule is Cc1ccnc(CCCCOc2ccc3c(c2)Cc2cc(CNC(=O)CCCCCCC(=O)c4ccc5c(c4)C(=O)OC54c5ccc(O)cc5Oc5cc(O)ccc54)ccc2C(CC(=O)O)C3)c1. The number of hydrogen-bond donors (Lipinski definition) is 4. The minimum atomic E-state index is -1.40. The number of aryl methyl sites for hydroxylation is 2. The number of carbonyl (C=O) groups excluding carboxylic acids is 3. The normalized spacial score (nSPS) is 14.8. The predicted molar refractivity (Wildman–Crippen MR) is 254 cm³/mol. The van der Waals surface area contributed by atoms with Crippen LogP contribution in [0.1, 0.15) is 140 Å². The molecule has 348 valence electrons. The lowest BCUT2D eigenvalue weighted by Gasteiger charge is -2.36. The summed E-state index contributed by atoms with van der Waals surface area (Å²) in [6.45, 7) is 3.02. The first-order valence-electron chi connectivity index (χ1n) is 23.5. The van der Waals surface area contributed by atoms with Crippen molar-refractivity contribution in [1.82, 2.24) is 10.3 Å². The number of nitrogens with one attached hydrogen (secondary N) is 1. The number of nitrogens with zero attached hydrogens (tertiary/aromatic N) is 1. The van der Waals surface area contributed by atoms with Gasteiger partial charge in [-0.25, -0.2) is 4.79 Å². The van der Waals surface area contributed by atoms with Gasteiger partial charge in [0.2, 0.25) is 5.91 Å². The van der Waals surface area contributed by atoms with E-state index >= 15 is 0 Å². The first-order chi connectivity index (χ1) is 32.9. The highest BCUT2D eigenvalue weighted by atomic mass is 16.6. The highest BCUT2D eigenvalue weighted by molar-refractivity contribution is 6.02. The molecular formula is C56H54N2O10. The van der Waals surface area contributed by atoms with Gasteiger partial charge >= 0.3 is 11.9 Å². The number of esters is 1. The molecule has 2 aliphatic heterocycles. The molecule has 0 fully saturated rings. The Hall–Kier alpha value is -7.47. The lowest BCUT2D eigenvalue weighted by Crippen LogP contribution is -2.32. The van der Waals surface area contributed by atoms with Crippen molar-refractivity contribution in [1.29, 1.82) is 0 Å². The van der Waals surface area contributed by atoms with E-state index in [1.165, 1.54) is 29.8 Å². The van der Waals surface area contributed by atoms with Crippen molar-refractivity contribution in [2.75, 3.05) is 6.61 Å². The molecule has 1 atom stereocenters. The van der Waals surface area contributed by atoms with Gasteiger partial charge in [0.1, 0.15) is 28.7 Å². The highest BCUT2D eigenvalue weighted by Crippen LogP contribution is 2.57. The summed E-state index contributed by atoms with van der Waals surface area (Å²) in [5.41, 5.74) is 8.38. The van der Waals surface area contributed by atoms with Gasteiger partial charge in [0, 0.05) is 65.7 Å². The monoisotopic (exact) mass is 914 g/mol. The van der Waals surface area contributed by atoms with Gasteiger partial charge in [0.15, 0.2) is 11.4 Å². The van der Waals surface area contributed by atoms with E-state index in [4.69, 9.17) is 14.2 Å². The zero-order valence-corrected chi connectivity index (χ0v) is 38.0. The molecule has 0 bridgehead atoms. The third-order valence-corrected chi connectivity index (χ3v) is 13.3. The van der Waals surface area contributed by atoms with Crippen LogP contribution in [0.5, 0.6) is 28.7 Å². The number of phenols is 2. The van der Waals surface area contributed by atoms with Crippen molar-refractivity contribution in [3.63, 3.8) is 0 Å². The molecular weight excluding hydrogens is 861 g/mol. The molecule has 0 saturated carbocycles. The molecule has 1 amide bonds. The van der Waals surface area contributed by atoms with Crippen LogP contribution in [0.4, 0.5) is 0 Å². The fraction of sp³-hybridized carbons (Fsp3) is 0.304. The molecule has 4 N–H and O–H groups in total. The molecule has 1 unspecified atom stereocenters. The van der Waals surface area contributed by atoms with Crippen molar-refractivity contribution >= 4 is 23.6 Å². The number of carbonyl (C=O) groups is 4. The van der Waals surface area contributed by atoms with Crippen LogP contribution in [0.3, 0.4) is 0 Å². The van der Waals surface area contributed by atoms with Crippen LogP contribution in [0.2, 0.25) is 0 Å². The number of carboxylic acids is 1. The summed E-state index contributed by atoms with van der Waals surface area (Å²) >= 11 is 0. The Bertz CT molecular complexity index is 2870. The number of carboxylic acid groups (broad SMARTS) is 1. The fourth-order valence-electron chi connectivity index (χ4n) is 9.92. The Morgan fingerprint density at radius 2 is 1.51 bits per heavy atom. The number of rotatable bonds is 18. The Balaban J connectivity index is 0.750. The average Bonchev–Trinajstić information content (AvgIpc) is 3.50. The minimum Gasteiger partial charge on any atom is -0.508 e. The Morgan fingerprint density at radius 3 is 2.26 bits per heavy atom. The summed E-state index contributed by atoms with van der Waals surface area (Å²) in [5, 5.41) is 33.3. The number of fused-ring (bicyclic) bond motifs is 8. The minimum absolute atomic E-state index is 0.0274. The van der Waals surface area contributed by atoms with Gasteiger partial charge in [-0.05, 0) is 146 Å². The summed E-state index contributed by atoms with van der Waals surface area (Å²) in [6.07, 6.45) is 9.37. The van der Waals surface area contributed by atoms with Crippen LogP contribution in [-0.4, -0.2) is 50.5 Å². The number of aliphatic carboxylic acids is 1. The predicted octanol–water partition coefficient (Wildman–Crippen LogP) is 10.3. The molecule has 5 aromatic carbocycles. The van der Waals surface area contributed by atoms with E-state index in [9.17, 15) is 34.5 Å². The van der Waals surface area contributed by atoms with E-state index in [2.05, 4.69) is 41.5 Å². The third kappa shape index (κ3) is 9.81. The van der Waals surface area contributed by atoms with Crippen LogP contribution < -0.4 is 14.8 Å². The van der Waals surface area contributed by atoms with E-state index in [-0.39, 0.29) is 59.0 Å². The molecule has 1 aliphatic carbocycles. The number of amides is 1. The molecule has 1 spiro atoms. The Morgan fingerprint density at radius 1 is 0.765 bits per heavy atom. The maximum absolute atomic E-state index is 13.5. The average molecular weight is 915 g/mol. The Labute approximate surface area is 395 Å². The highest BCUT2D eigenvalue weighted by Gasteiger charge is 2.53. The molecule has 68 heavy (non-hydrogen) atoms. The van der Waals surface area contributed by atoms with Crippen molar-refractivity contribution in [2.24, 2.45) is 0 Å². The lowest BCUT2D eigenvalue weighted by atomic mass is 9.77. The van der Waals surface area contributed by atoms with E-state index < -0.39 is 17.5 Å². The van der Waals surface area contributed by atoms with Crippen LogP contribution in [0, 0.1) is 6.92 Å². The smallest absolute Gasteiger partial charge is 0.340 e. The number of ketones is 1. The molecule has 3 heterocycles. The van der Waals surface area contributed by atoms with Gasteiger partial charge in [-0.1, -0.05) is 49.2 Å². The fourth-order valence-corrected chi connectivity index (χ4v) is 9.92. The zero-order valence-electron chi connectivity index (χ0n) is 38.0. The molecule has 1 aromatic heterocycles. The number of hydrogen-bond acceptors (Lipinski definition) is 10. The number of ether oxygens (including phenoxy) is 3. The molecule has 6 aromatic rings. The standard InChI is InChI=1S/C56H54N2O10/c1-34-21-22-57-41(24-34)8-6-7-23-66-44-16-12-36-26-40(30-54(63)64)45-17-11-35(25-39(45)27-38(36)28-44)33-58-53(62)10-5-3-2-4-9-50(61)37-13-18-47-46(29-37)55(65)68-56(47)48-19-14-42(59)31-51(48)67-52-32-43(60)15-20-49(52)56/h11-22,24-25,28-29,31-32,40,59-60H,2-10,23,26-27,30,33H2,1H3,(H,58,62)(H,63,64). The first-order valence-corrected chi connectivity index (χ1v) is 23.5. The van der Waals surface area contributed by atoms with E-state index in [1.54, 1.807) is 30.3 Å². The van der Waals surface area contributed by atoms with Crippen LogP contribution in [-0.2, 0) is 45.7 Å². The van der Waals surface area contributed by atoms with Crippen LogP contribution >= 0.6 is 0 Å². The summed E-state index contributed by atoms with van der Waals surface area (Å²) in [5.74, 6) is -0.483. The molecule has 12 heteroatoms. The van der Waals surface area contributed by atoms with Crippen LogP contribution in [0.25, 0.3) is 0 Å². The number of aromatic nitrogens is 1. The van der Waals surface area contributed by atoms with Crippen LogP contribution in [0.15, 0.2) is 109 Å². The number of phenolic OH excluding ortho intramolecular Hbond substituents is 2. The van der Waals surface area contributed by atoms with Crippen molar-refractivity contribution in [3.05, 3.63) is 176 Å². The quantitative estimate of drug-likeness (QED) is 0.0366. The summed E-state index contributed by atoms with van der Waals surface area (Å²) in [6, 6.07) is 30.5. The van der Waals surface area contributed by atoms with Crippen molar-refractivity contribution < 1.29 is 48.7 Å². The van der Waals surface area contributed by atoms with Gasteiger partial charge in [-0.3, -0.25) is 19.4 Å². The maximum atomic E-state index is 13.5. The molecule has 12 nitrogen and oxygen atoms in total. The topological polar surface area (TPSA) is 182 Å². The van der Waals surface area contributed by atoms with Gasteiger partial charge in [0.25, 0.3) is 0 Å². The summed E-state index contributed by atoms with van der Waals surface area (Å²) in [4.78, 5) is 56.2. The number of Topliss-reactive ketones (excluding diaryl/α,β-unsaturated/α-hetero) is 1. The summed E-state index contributed by atoms with van der Waals surface area (Å²) < 4.78 is 18.3. The molecule has 0 saturated heterocycles. The molecule has 0 radical (unpaired) electrons. The third-order valence-electron chi connectivity index (χ3n) is 13.3. The largest absolute Gasteiger partial charge is 0.508 e. The van der Waals surface area contributed by atoms with E-state index in [1.807, 2.05) is 30.5 Å². The number of pyridine rings is 1. The van der Waals surface area contributed by atoms with Gasteiger partial charge in [-0.2, -0.15) is 0 Å². The molecule has 9 rings (SSSR count). The maximum Gasteiger partial charge on any atom is 0.340 e. The van der Waals surface area contributed by atoms with Crippen molar-refractivity contribution in [3.8, 4) is 28.7 Å². The van der Waals surface area contributed by atoms with Gasteiger partial charge < -0.3 is 34.8 Å². The van der Waals surface area contributed by atoms with Gasteiger partial charge in [0.05, 0.1) is 18.6 Å². The van der Waals surface area contributed by atoms with E-state index in [0.717, 1.165) is 71.4 Å². The second-order valence-electron chi connectivity index (χ2n) is 18.2. The van der Waals surface area contributed by atoms with Gasteiger partial charge in [-0.15, -0.1) is 0 Å². The zero-order chi connectivity index (χ0) is 47.4. The number of aromatic hydroxyl groups is 2. The number of unbranched alkanes of at least 4 members (excludes halogenated alkanes) is 4. The second-order valence-corrected chi connectivity index (χ2v) is 18.2. The Kier molecular flexibility index (Phi) is 13.3. The molecule has 3 aliphatic rings. The second kappa shape index (κ2) is 19.8. The van der Waals surface area contributed by atoms with Crippen molar-refractivity contribution in [2.45, 2.75) is 102 Å². The summed E-state index contributed by atoms with van der Waals surface area (Å²) in [7, 11) is 0.